The van der Waals surface area contributed by atoms with Gasteiger partial charge in [0, 0.05) is 42.2 Å². The first kappa shape index (κ1) is 19.2. The Bertz CT molecular complexity index is 818. The normalized spacial score (nSPS) is 16.8. The third-order valence-electron chi connectivity index (χ3n) is 4.94. The lowest BCUT2D eigenvalue weighted by atomic mass is 10.1. The van der Waals surface area contributed by atoms with E-state index in [1.165, 1.54) is 0 Å². The molecule has 6 nitrogen and oxygen atoms in total. The molecule has 2 aromatic rings. The van der Waals surface area contributed by atoms with Crippen molar-refractivity contribution in [3.8, 4) is 0 Å². The van der Waals surface area contributed by atoms with Gasteiger partial charge in [0.2, 0.25) is 0 Å². The van der Waals surface area contributed by atoms with Crippen LogP contribution in [0.2, 0.25) is 0 Å². The van der Waals surface area contributed by atoms with Crippen LogP contribution in [0.25, 0.3) is 0 Å². The van der Waals surface area contributed by atoms with Crippen LogP contribution in [0.3, 0.4) is 0 Å². The summed E-state index contributed by atoms with van der Waals surface area (Å²) in [5, 5.41) is 3.82. The molecule has 1 aromatic heterocycles. The maximum absolute atomic E-state index is 12.1. The zero-order valence-corrected chi connectivity index (χ0v) is 17.0. The molecule has 2 aliphatic rings. The number of aryl methyl sites for hydroxylation is 1. The van der Waals surface area contributed by atoms with Crippen LogP contribution in [0.5, 0.6) is 0 Å². The molecule has 148 valence electrons. The molecule has 1 amide bonds. The van der Waals surface area contributed by atoms with Gasteiger partial charge in [0.25, 0.3) is 5.91 Å². The van der Waals surface area contributed by atoms with Crippen molar-refractivity contribution in [2.75, 3.05) is 31.2 Å². The highest BCUT2D eigenvalue weighted by Crippen LogP contribution is 2.24. The van der Waals surface area contributed by atoms with Crippen LogP contribution in [-0.2, 0) is 16.9 Å². The molecule has 0 radical (unpaired) electrons. The molecule has 1 aliphatic carbocycles. The standard InChI is InChI=1S/C21H26N4O2S/c1-2-17-13-19(25-9-11-27-12-10-25)24-21(23-17)28-14-15-3-5-16(6-4-15)20(26)22-18-7-8-18/h3-6,13,18H,2,7-12,14H2,1H3,(H,22,26). The Morgan fingerprint density at radius 1 is 1.21 bits per heavy atom. The molecule has 2 fully saturated rings. The van der Waals surface area contributed by atoms with Crippen molar-refractivity contribution in [2.45, 2.75) is 43.1 Å². The molecule has 0 unspecified atom stereocenters. The molecular weight excluding hydrogens is 372 g/mol. The van der Waals surface area contributed by atoms with Crippen LogP contribution in [0.15, 0.2) is 35.5 Å². The maximum Gasteiger partial charge on any atom is 0.251 e. The summed E-state index contributed by atoms with van der Waals surface area (Å²) in [6, 6.07) is 10.3. The van der Waals surface area contributed by atoms with Gasteiger partial charge in [0.15, 0.2) is 5.16 Å². The minimum atomic E-state index is 0.0239. The third kappa shape index (κ3) is 5.02. The van der Waals surface area contributed by atoms with Crippen molar-refractivity contribution in [3.05, 3.63) is 47.2 Å². The topological polar surface area (TPSA) is 67.3 Å². The number of anilines is 1. The Morgan fingerprint density at radius 2 is 1.96 bits per heavy atom. The van der Waals surface area contributed by atoms with E-state index in [0.29, 0.717) is 6.04 Å². The number of hydrogen-bond acceptors (Lipinski definition) is 6. The second-order valence-electron chi connectivity index (χ2n) is 7.19. The zero-order chi connectivity index (χ0) is 19.3. The SMILES string of the molecule is CCc1cc(N2CCOCC2)nc(SCc2ccc(C(=O)NC3CC3)cc2)n1. The number of benzene rings is 1. The van der Waals surface area contributed by atoms with Crippen LogP contribution in [0.4, 0.5) is 5.82 Å². The molecule has 1 saturated heterocycles. The number of rotatable bonds is 7. The first-order valence-electron chi connectivity index (χ1n) is 9.94. The molecular formula is C21H26N4O2S. The Labute approximate surface area is 170 Å². The highest BCUT2D eigenvalue weighted by Gasteiger charge is 2.23. The van der Waals surface area contributed by atoms with E-state index in [1.807, 2.05) is 24.3 Å². The van der Waals surface area contributed by atoms with Crippen molar-refractivity contribution in [1.82, 2.24) is 15.3 Å². The summed E-state index contributed by atoms with van der Waals surface area (Å²) in [5.41, 5.74) is 2.94. The number of nitrogens with zero attached hydrogens (tertiary/aromatic N) is 3. The number of aromatic nitrogens is 2. The number of morpholine rings is 1. The Hall–Kier alpha value is -2.12. The van der Waals surface area contributed by atoms with Crippen LogP contribution < -0.4 is 10.2 Å². The Morgan fingerprint density at radius 3 is 2.64 bits per heavy atom. The Kier molecular flexibility index (Phi) is 6.12. The van der Waals surface area contributed by atoms with Gasteiger partial charge in [0.1, 0.15) is 5.82 Å². The summed E-state index contributed by atoms with van der Waals surface area (Å²) in [4.78, 5) is 23.8. The Balaban J connectivity index is 1.40. The van der Waals surface area contributed by atoms with Gasteiger partial charge in [-0.1, -0.05) is 30.8 Å². The van der Waals surface area contributed by atoms with E-state index in [1.54, 1.807) is 11.8 Å². The molecule has 7 heteroatoms. The number of carbonyl (C=O) groups excluding carboxylic acids is 1. The largest absolute Gasteiger partial charge is 0.378 e. The van der Waals surface area contributed by atoms with Crippen molar-refractivity contribution < 1.29 is 9.53 Å². The molecule has 28 heavy (non-hydrogen) atoms. The van der Waals surface area contributed by atoms with Crippen LogP contribution in [0, 0.1) is 0 Å². The van der Waals surface area contributed by atoms with Crippen molar-refractivity contribution >= 4 is 23.5 Å². The van der Waals surface area contributed by atoms with E-state index >= 15 is 0 Å². The minimum absolute atomic E-state index is 0.0239. The number of hydrogen-bond donors (Lipinski definition) is 1. The predicted octanol–water partition coefficient (Wildman–Crippen LogP) is 3.06. The zero-order valence-electron chi connectivity index (χ0n) is 16.2. The number of thioether (sulfide) groups is 1. The highest BCUT2D eigenvalue weighted by molar-refractivity contribution is 7.98. The summed E-state index contributed by atoms with van der Waals surface area (Å²) in [6.07, 6.45) is 3.09. The lowest BCUT2D eigenvalue weighted by Crippen LogP contribution is -2.37. The van der Waals surface area contributed by atoms with Gasteiger partial charge < -0.3 is 15.0 Å². The van der Waals surface area contributed by atoms with E-state index < -0.39 is 0 Å². The van der Waals surface area contributed by atoms with Gasteiger partial charge in [-0.05, 0) is 37.0 Å². The summed E-state index contributed by atoms with van der Waals surface area (Å²) in [5.74, 6) is 1.79. The summed E-state index contributed by atoms with van der Waals surface area (Å²) in [6.45, 7) is 5.35. The fraction of sp³-hybridized carbons (Fsp3) is 0.476. The van der Waals surface area contributed by atoms with E-state index in [4.69, 9.17) is 9.72 Å². The third-order valence-corrected chi connectivity index (χ3v) is 5.86. The quantitative estimate of drug-likeness (QED) is 0.571. The number of ether oxygens (including phenoxy) is 1. The number of carbonyl (C=O) groups is 1. The fourth-order valence-electron chi connectivity index (χ4n) is 3.06. The average Bonchev–Trinajstić information content (AvgIpc) is 3.57. The molecule has 0 atom stereocenters. The summed E-state index contributed by atoms with van der Waals surface area (Å²) in [7, 11) is 0. The van der Waals surface area contributed by atoms with Crippen molar-refractivity contribution in [1.29, 1.82) is 0 Å². The molecule has 1 saturated carbocycles. The highest BCUT2D eigenvalue weighted by atomic mass is 32.2. The van der Waals surface area contributed by atoms with Gasteiger partial charge in [-0.15, -0.1) is 0 Å². The summed E-state index contributed by atoms with van der Waals surface area (Å²) >= 11 is 1.64. The lowest BCUT2D eigenvalue weighted by molar-refractivity contribution is 0.0951. The van der Waals surface area contributed by atoms with Crippen molar-refractivity contribution in [2.24, 2.45) is 0 Å². The van der Waals surface area contributed by atoms with E-state index in [-0.39, 0.29) is 5.91 Å². The van der Waals surface area contributed by atoms with Gasteiger partial charge in [-0.3, -0.25) is 4.79 Å². The monoisotopic (exact) mass is 398 g/mol. The van der Waals surface area contributed by atoms with E-state index in [0.717, 1.165) is 79.1 Å². The molecule has 4 rings (SSSR count). The van der Waals surface area contributed by atoms with Gasteiger partial charge >= 0.3 is 0 Å². The molecule has 1 N–H and O–H groups in total. The first-order valence-corrected chi connectivity index (χ1v) is 10.9. The predicted molar refractivity (Wildman–Crippen MR) is 111 cm³/mol. The number of amides is 1. The van der Waals surface area contributed by atoms with E-state index in [9.17, 15) is 4.79 Å². The van der Waals surface area contributed by atoms with Gasteiger partial charge in [-0.25, -0.2) is 9.97 Å². The van der Waals surface area contributed by atoms with Crippen LogP contribution >= 0.6 is 11.8 Å². The number of nitrogens with one attached hydrogen (secondary N) is 1. The molecule has 0 bridgehead atoms. The maximum atomic E-state index is 12.1. The average molecular weight is 399 g/mol. The molecule has 1 aromatic carbocycles. The smallest absolute Gasteiger partial charge is 0.251 e. The summed E-state index contributed by atoms with van der Waals surface area (Å²) < 4.78 is 5.45. The second kappa shape index (κ2) is 8.92. The first-order chi connectivity index (χ1) is 13.7. The lowest BCUT2D eigenvalue weighted by Gasteiger charge is -2.28. The van der Waals surface area contributed by atoms with E-state index in [2.05, 4.69) is 28.2 Å². The van der Waals surface area contributed by atoms with Gasteiger partial charge in [-0.2, -0.15) is 0 Å². The second-order valence-corrected chi connectivity index (χ2v) is 8.13. The van der Waals surface area contributed by atoms with Crippen LogP contribution in [-0.4, -0.2) is 48.2 Å². The van der Waals surface area contributed by atoms with Crippen LogP contribution in [0.1, 0.15) is 41.4 Å². The molecule has 0 spiro atoms. The van der Waals surface area contributed by atoms with Crippen molar-refractivity contribution in [3.63, 3.8) is 0 Å². The van der Waals surface area contributed by atoms with Gasteiger partial charge in [0.05, 0.1) is 13.2 Å². The molecule has 2 heterocycles. The fourth-order valence-corrected chi connectivity index (χ4v) is 3.88. The molecule has 1 aliphatic heterocycles. The minimum Gasteiger partial charge on any atom is -0.378 e.